The van der Waals surface area contributed by atoms with Crippen molar-refractivity contribution in [3.63, 3.8) is 0 Å². The summed E-state index contributed by atoms with van der Waals surface area (Å²) in [6, 6.07) is 14.2. The molecule has 0 bridgehead atoms. The Bertz CT molecular complexity index is 1390. The number of carbonyl (C=O) groups excluding carboxylic acids is 2. The van der Waals surface area contributed by atoms with Crippen molar-refractivity contribution in [1.29, 1.82) is 0 Å². The zero-order chi connectivity index (χ0) is 28.8. The molecule has 0 unspecified atom stereocenters. The molecule has 216 valence electrons. The molecule has 7 nitrogen and oxygen atoms in total. The number of aliphatic hydroxyl groups excluding tert-OH is 1. The van der Waals surface area contributed by atoms with Crippen molar-refractivity contribution < 1.29 is 29.6 Å². The predicted octanol–water partition coefficient (Wildman–Crippen LogP) is 6.02. The van der Waals surface area contributed by atoms with Crippen LogP contribution in [0.5, 0.6) is 17.2 Å². The third-order valence-electron chi connectivity index (χ3n) is 8.37. The first-order chi connectivity index (χ1) is 19.9. The van der Waals surface area contributed by atoms with Gasteiger partial charge in [0.25, 0.3) is 0 Å². The number of phenolic OH excluding ortho intramolecular Hbond substituents is 2. The van der Waals surface area contributed by atoms with Crippen LogP contribution in [-0.2, 0) is 22.4 Å². The van der Waals surface area contributed by atoms with Gasteiger partial charge in [-0.05, 0) is 104 Å². The summed E-state index contributed by atoms with van der Waals surface area (Å²) in [5, 5.41) is 30.8. The Balaban J connectivity index is 1.17. The second-order valence-electron chi connectivity index (χ2n) is 11.4. The Kier molecular flexibility index (Phi) is 9.24. The van der Waals surface area contributed by atoms with Gasteiger partial charge in [-0.1, -0.05) is 24.3 Å². The molecule has 2 aromatic carbocycles. The lowest BCUT2D eigenvalue weighted by atomic mass is 9.75. The van der Waals surface area contributed by atoms with Gasteiger partial charge in [-0.25, -0.2) is 0 Å². The summed E-state index contributed by atoms with van der Waals surface area (Å²) in [5.41, 5.74) is 3.74. The fourth-order valence-electron chi connectivity index (χ4n) is 6.13. The largest absolute Gasteiger partial charge is 0.508 e. The fourth-order valence-corrected chi connectivity index (χ4v) is 6.13. The normalized spacial score (nSPS) is 19.1. The quantitative estimate of drug-likeness (QED) is 0.191. The molecule has 0 amide bonds. The fraction of sp³-hybridized carbons (Fsp3) is 0.412. The molecule has 1 fully saturated rings. The SMILES string of the molecule is O=C(CCc1ccc(O)c(OC2CCCC2)c1)CC(=O)[C@@H]1C=Cc2[nH]ccc2[C@H]1C[C@H](O)CCc1cccc(O)c1. The van der Waals surface area contributed by atoms with Crippen LogP contribution >= 0.6 is 0 Å². The number of ether oxygens (including phenoxy) is 1. The number of allylic oxidation sites excluding steroid dienone is 1. The van der Waals surface area contributed by atoms with Crippen LogP contribution in [0.4, 0.5) is 0 Å². The average molecular weight is 558 g/mol. The van der Waals surface area contributed by atoms with Crippen LogP contribution in [0.3, 0.4) is 0 Å². The van der Waals surface area contributed by atoms with Crippen LogP contribution in [0.1, 0.15) is 79.7 Å². The van der Waals surface area contributed by atoms with Gasteiger partial charge in [0.05, 0.1) is 18.6 Å². The highest BCUT2D eigenvalue weighted by atomic mass is 16.5. The molecule has 41 heavy (non-hydrogen) atoms. The van der Waals surface area contributed by atoms with Crippen LogP contribution < -0.4 is 4.74 Å². The number of aliphatic hydroxyl groups is 1. The maximum Gasteiger partial charge on any atom is 0.161 e. The van der Waals surface area contributed by atoms with Gasteiger partial charge >= 0.3 is 0 Å². The number of aromatic amines is 1. The Hall–Kier alpha value is -3.84. The van der Waals surface area contributed by atoms with Gasteiger partial charge in [-0.2, -0.15) is 0 Å². The minimum atomic E-state index is -0.641. The first-order valence-electron chi connectivity index (χ1n) is 14.7. The van der Waals surface area contributed by atoms with E-state index < -0.39 is 12.0 Å². The molecule has 3 aromatic rings. The van der Waals surface area contributed by atoms with Crippen molar-refractivity contribution in [3.05, 3.63) is 83.2 Å². The lowest BCUT2D eigenvalue weighted by molar-refractivity contribution is -0.128. The average Bonchev–Trinajstić information content (AvgIpc) is 3.65. The number of carbonyl (C=O) groups is 2. The number of benzene rings is 2. The number of hydrogen-bond donors (Lipinski definition) is 4. The molecular formula is C34H39NO6. The molecule has 3 atom stereocenters. The van der Waals surface area contributed by atoms with E-state index in [-0.39, 0.29) is 47.9 Å². The molecule has 5 rings (SSSR count). The zero-order valence-electron chi connectivity index (χ0n) is 23.3. The van der Waals surface area contributed by atoms with E-state index in [1.807, 2.05) is 30.5 Å². The molecule has 4 N–H and O–H groups in total. The zero-order valence-corrected chi connectivity index (χ0v) is 23.3. The number of hydrogen-bond acceptors (Lipinski definition) is 6. The number of fused-ring (bicyclic) bond motifs is 1. The van der Waals surface area contributed by atoms with Gasteiger partial charge in [0.1, 0.15) is 17.3 Å². The Morgan fingerprint density at radius 2 is 1.80 bits per heavy atom. The lowest BCUT2D eigenvalue weighted by Gasteiger charge is -2.29. The highest BCUT2D eigenvalue weighted by Crippen LogP contribution is 2.39. The van der Waals surface area contributed by atoms with E-state index in [0.717, 1.165) is 48.1 Å². The van der Waals surface area contributed by atoms with Gasteiger partial charge in [0.2, 0.25) is 0 Å². The highest BCUT2D eigenvalue weighted by Gasteiger charge is 2.34. The molecule has 2 aliphatic rings. The smallest absolute Gasteiger partial charge is 0.161 e. The summed E-state index contributed by atoms with van der Waals surface area (Å²) in [4.78, 5) is 29.5. The van der Waals surface area contributed by atoms with Gasteiger partial charge in [-0.3, -0.25) is 9.59 Å². The highest BCUT2D eigenvalue weighted by molar-refractivity contribution is 6.01. The molecule has 1 saturated carbocycles. The minimum Gasteiger partial charge on any atom is -0.508 e. The number of aryl methyl sites for hydroxylation is 2. The van der Waals surface area contributed by atoms with Gasteiger partial charge < -0.3 is 25.0 Å². The van der Waals surface area contributed by atoms with E-state index in [1.165, 1.54) is 0 Å². The van der Waals surface area contributed by atoms with Crippen LogP contribution in [0.2, 0.25) is 0 Å². The second-order valence-corrected chi connectivity index (χ2v) is 11.4. The first kappa shape index (κ1) is 28.7. The summed E-state index contributed by atoms with van der Waals surface area (Å²) >= 11 is 0. The van der Waals surface area contributed by atoms with Crippen molar-refractivity contribution in [3.8, 4) is 17.2 Å². The summed E-state index contributed by atoms with van der Waals surface area (Å²) in [6.45, 7) is 0. The maximum absolute atomic E-state index is 13.4. The van der Waals surface area contributed by atoms with E-state index in [4.69, 9.17) is 4.74 Å². The van der Waals surface area contributed by atoms with Crippen molar-refractivity contribution in [2.24, 2.45) is 5.92 Å². The van der Waals surface area contributed by atoms with Crippen LogP contribution in [-0.4, -0.2) is 44.1 Å². The molecule has 1 aromatic heterocycles. The monoisotopic (exact) mass is 557 g/mol. The topological polar surface area (TPSA) is 120 Å². The Labute approximate surface area is 240 Å². The van der Waals surface area contributed by atoms with Gasteiger partial charge in [-0.15, -0.1) is 0 Å². The van der Waals surface area contributed by atoms with Crippen LogP contribution in [0.15, 0.2) is 60.8 Å². The van der Waals surface area contributed by atoms with Crippen molar-refractivity contribution in [2.45, 2.75) is 82.3 Å². The second kappa shape index (κ2) is 13.2. The predicted molar refractivity (Wildman–Crippen MR) is 157 cm³/mol. The number of H-pyrrole nitrogens is 1. The van der Waals surface area contributed by atoms with Crippen LogP contribution in [0, 0.1) is 5.92 Å². The first-order valence-corrected chi connectivity index (χ1v) is 14.7. The number of Topliss-reactive ketones (excluding diaryl/α,β-unsaturated/α-hetero) is 2. The van der Waals surface area contributed by atoms with Crippen LogP contribution in [0.25, 0.3) is 6.08 Å². The van der Waals surface area contributed by atoms with Crippen molar-refractivity contribution in [1.82, 2.24) is 4.98 Å². The molecule has 1 heterocycles. The summed E-state index contributed by atoms with van der Waals surface area (Å²) in [7, 11) is 0. The Morgan fingerprint density at radius 1 is 1.00 bits per heavy atom. The van der Waals surface area contributed by atoms with E-state index in [1.54, 1.807) is 36.4 Å². The number of aromatic hydroxyl groups is 2. The molecule has 0 aliphatic heterocycles. The molecule has 0 saturated heterocycles. The summed E-state index contributed by atoms with van der Waals surface area (Å²) in [5.74, 6) is -0.226. The van der Waals surface area contributed by atoms with Gasteiger partial charge in [0, 0.05) is 30.1 Å². The standard InChI is InChI=1S/C34H39NO6/c36-24-5-3-4-22(18-24)8-11-25(37)20-30-28-16-17-35-31(28)14-13-29(30)33(40)21-26(38)12-9-23-10-15-32(39)34(19-23)41-27-6-1-2-7-27/h3-5,10,13-19,25,27,29-30,35-37,39H,1-2,6-9,11-12,20-21H2/t25-,29-,30-/m1/s1. The van der Waals surface area contributed by atoms with E-state index >= 15 is 0 Å². The number of phenols is 2. The maximum atomic E-state index is 13.4. The lowest BCUT2D eigenvalue weighted by Crippen LogP contribution is -2.28. The van der Waals surface area contributed by atoms with Gasteiger partial charge in [0.15, 0.2) is 11.5 Å². The Morgan fingerprint density at radius 3 is 2.61 bits per heavy atom. The third-order valence-corrected chi connectivity index (χ3v) is 8.37. The van der Waals surface area contributed by atoms with E-state index in [2.05, 4.69) is 4.98 Å². The van der Waals surface area contributed by atoms with Crippen molar-refractivity contribution in [2.75, 3.05) is 0 Å². The summed E-state index contributed by atoms with van der Waals surface area (Å²) < 4.78 is 5.98. The summed E-state index contributed by atoms with van der Waals surface area (Å²) in [6.07, 6.45) is 11.3. The molecule has 0 spiro atoms. The van der Waals surface area contributed by atoms with Crippen molar-refractivity contribution >= 4 is 17.6 Å². The van der Waals surface area contributed by atoms with E-state index in [9.17, 15) is 24.9 Å². The third kappa shape index (κ3) is 7.47. The molecule has 0 radical (unpaired) electrons. The number of ketones is 2. The molecular weight excluding hydrogens is 518 g/mol. The number of aromatic nitrogens is 1. The number of rotatable bonds is 13. The molecule has 7 heteroatoms. The minimum absolute atomic E-state index is 0.102. The molecule has 2 aliphatic carbocycles. The number of nitrogens with one attached hydrogen (secondary N) is 1. The van der Waals surface area contributed by atoms with E-state index in [0.29, 0.717) is 31.4 Å².